The Balaban J connectivity index is 2.81. The number of hydrogen-bond acceptors (Lipinski definition) is 2. The van der Waals surface area contributed by atoms with Gasteiger partial charge >= 0.3 is 0 Å². The summed E-state index contributed by atoms with van der Waals surface area (Å²) in [6.07, 6.45) is -2.49. The van der Waals surface area contributed by atoms with E-state index in [4.69, 9.17) is 11.6 Å². The van der Waals surface area contributed by atoms with Gasteiger partial charge in [0, 0.05) is 15.0 Å². The number of halogens is 3. The molecule has 0 bridgehead atoms. The zero-order chi connectivity index (χ0) is 10.3. The molecule has 0 aliphatic rings. The Kier molecular flexibility index (Phi) is 2.68. The molecule has 0 spiro atoms. The minimum Gasteiger partial charge on any atom is -0.204 e. The molecule has 1 heterocycles. The fraction of sp³-hybridized carbons (Fsp3) is 0.111. The monoisotopic (exact) mass is 250 g/mol. The highest BCUT2D eigenvalue weighted by Crippen LogP contribution is 2.42. The van der Waals surface area contributed by atoms with Crippen molar-refractivity contribution in [3.8, 4) is 0 Å². The van der Waals surface area contributed by atoms with Crippen molar-refractivity contribution in [1.82, 2.24) is 0 Å². The molecule has 0 atom stereocenters. The molecule has 0 nitrogen and oxygen atoms in total. The maximum atomic E-state index is 12.5. The van der Waals surface area contributed by atoms with Gasteiger partial charge in [-0.2, -0.15) is 0 Å². The van der Waals surface area contributed by atoms with E-state index in [0.717, 1.165) is 16.0 Å². The summed E-state index contributed by atoms with van der Waals surface area (Å²) in [6, 6.07) is 5.17. The van der Waals surface area contributed by atoms with Crippen molar-refractivity contribution in [2.24, 2.45) is 0 Å². The van der Waals surface area contributed by atoms with E-state index in [-0.39, 0.29) is 4.88 Å². The quantitative estimate of drug-likeness (QED) is 0.692. The summed E-state index contributed by atoms with van der Waals surface area (Å²) in [5.74, 6) is 0. The van der Waals surface area contributed by atoms with E-state index < -0.39 is 6.43 Å². The third kappa shape index (κ3) is 1.51. The molecule has 5 heteroatoms. The van der Waals surface area contributed by atoms with Crippen molar-refractivity contribution in [3.05, 3.63) is 28.1 Å². The number of fused-ring (bicyclic) bond motifs is 1. The third-order valence-corrected chi connectivity index (χ3v) is 3.96. The molecule has 0 fully saturated rings. The van der Waals surface area contributed by atoms with Gasteiger partial charge in [-0.05, 0) is 12.1 Å². The normalized spacial score (nSPS) is 11.5. The Bertz CT molecular complexity index is 479. The molecule has 2 aromatic rings. The van der Waals surface area contributed by atoms with Crippen LogP contribution in [0.25, 0.3) is 10.1 Å². The number of hydrogen-bond donors (Lipinski definition) is 1. The second kappa shape index (κ2) is 3.68. The van der Waals surface area contributed by atoms with Crippen molar-refractivity contribution < 1.29 is 8.78 Å². The van der Waals surface area contributed by atoms with Gasteiger partial charge in [0.1, 0.15) is 0 Å². The number of rotatable bonds is 1. The molecule has 0 N–H and O–H groups in total. The first kappa shape index (κ1) is 10.2. The van der Waals surface area contributed by atoms with Gasteiger partial charge in [0.05, 0.1) is 9.90 Å². The van der Waals surface area contributed by atoms with Gasteiger partial charge in [-0.15, -0.1) is 24.0 Å². The van der Waals surface area contributed by atoms with Gasteiger partial charge in [0.2, 0.25) is 0 Å². The van der Waals surface area contributed by atoms with E-state index in [2.05, 4.69) is 12.6 Å². The Morgan fingerprint density at radius 3 is 2.64 bits per heavy atom. The first-order valence-corrected chi connectivity index (χ1v) is 5.43. The van der Waals surface area contributed by atoms with Crippen LogP contribution < -0.4 is 0 Å². The topological polar surface area (TPSA) is 0 Å². The fourth-order valence-electron chi connectivity index (χ4n) is 1.26. The van der Waals surface area contributed by atoms with Crippen molar-refractivity contribution in [2.75, 3.05) is 0 Å². The van der Waals surface area contributed by atoms with Crippen molar-refractivity contribution >= 4 is 45.7 Å². The molecular weight excluding hydrogens is 246 g/mol. The maximum Gasteiger partial charge on any atom is 0.273 e. The lowest BCUT2D eigenvalue weighted by Gasteiger charge is -1.96. The van der Waals surface area contributed by atoms with Crippen LogP contribution in [0.4, 0.5) is 8.78 Å². The van der Waals surface area contributed by atoms with Crippen molar-refractivity contribution in [3.63, 3.8) is 0 Å². The molecule has 0 saturated carbocycles. The standard InChI is InChI=1S/C9H5ClF2S2/c10-4-2-1-3-5-6(4)7(13)8(14-5)9(11)12/h1-3,9,13H. The van der Waals surface area contributed by atoms with Crippen LogP contribution in [0.3, 0.4) is 0 Å². The van der Waals surface area contributed by atoms with Crippen LogP contribution in [0, 0.1) is 0 Å². The predicted octanol–water partition coefficient (Wildman–Crippen LogP) is 4.78. The number of thiol groups is 1. The summed E-state index contributed by atoms with van der Waals surface area (Å²) in [6.45, 7) is 0. The summed E-state index contributed by atoms with van der Waals surface area (Å²) >= 11 is 11.0. The summed E-state index contributed by atoms with van der Waals surface area (Å²) in [5.41, 5.74) is 0. The molecule has 0 unspecified atom stereocenters. The summed E-state index contributed by atoms with van der Waals surface area (Å²) in [4.78, 5) is 0.280. The van der Waals surface area contributed by atoms with E-state index in [9.17, 15) is 8.78 Å². The van der Waals surface area contributed by atoms with Crippen LogP contribution in [-0.2, 0) is 0 Å². The molecule has 0 aliphatic carbocycles. The van der Waals surface area contributed by atoms with E-state index in [1.54, 1.807) is 18.2 Å². The molecule has 1 aromatic carbocycles. The van der Waals surface area contributed by atoms with Gasteiger partial charge in [-0.3, -0.25) is 0 Å². The maximum absolute atomic E-state index is 12.5. The summed E-state index contributed by atoms with van der Waals surface area (Å²) < 4.78 is 25.8. The van der Waals surface area contributed by atoms with Crippen LogP contribution in [-0.4, -0.2) is 0 Å². The molecule has 0 amide bonds. The second-order valence-corrected chi connectivity index (χ2v) is 4.67. The second-order valence-electron chi connectivity index (χ2n) is 2.73. The minimum absolute atomic E-state index is 0.0172. The summed E-state index contributed by atoms with van der Waals surface area (Å²) in [7, 11) is 0. The Labute approximate surface area is 93.9 Å². The molecule has 74 valence electrons. The Morgan fingerprint density at radius 2 is 2.07 bits per heavy atom. The van der Waals surface area contributed by atoms with Crippen LogP contribution in [0.15, 0.2) is 23.1 Å². The number of alkyl halides is 2. The SMILES string of the molecule is FC(F)c1sc2cccc(Cl)c2c1S. The Hall–Kier alpha value is -0.320. The molecule has 0 saturated heterocycles. The van der Waals surface area contributed by atoms with Crippen LogP contribution >= 0.6 is 35.6 Å². The zero-order valence-corrected chi connectivity index (χ0v) is 9.27. The van der Waals surface area contributed by atoms with Gasteiger partial charge in [-0.1, -0.05) is 17.7 Å². The number of thiophene rings is 1. The molecule has 2 rings (SSSR count). The molecule has 0 aliphatic heterocycles. The largest absolute Gasteiger partial charge is 0.273 e. The zero-order valence-electron chi connectivity index (χ0n) is 6.80. The van der Waals surface area contributed by atoms with Crippen molar-refractivity contribution in [1.29, 1.82) is 0 Å². The van der Waals surface area contributed by atoms with Gasteiger partial charge in [0.25, 0.3) is 6.43 Å². The lowest BCUT2D eigenvalue weighted by atomic mass is 10.2. The van der Waals surface area contributed by atoms with Crippen molar-refractivity contribution in [2.45, 2.75) is 11.3 Å². The van der Waals surface area contributed by atoms with E-state index in [1.807, 2.05) is 0 Å². The van der Waals surface area contributed by atoms with Crippen LogP contribution in [0.1, 0.15) is 11.3 Å². The van der Waals surface area contributed by atoms with E-state index in [0.29, 0.717) is 15.3 Å². The van der Waals surface area contributed by atoms with Gasteiger partial charge in [-0.25, -0.2) is 8.78 Å². The Morgan fingerprint density at radius 1 is 1.36 bits per heavy atom. The smallest absolute Gasteiger partial charge is 0.204 e. The van der Waals surface area contributed by atoms with E-state index >= 15 is 0 Å². The highest BCUT2D eigenvalue weighted by atomic mass is 35.5. The molecule has 14 heavy (non-hydrogen) atoms. The van der Waals surface area contributed by atoms with Crippen LogP contribution in [0.5, 0.6) is 0 Å². The highest BCUT2D eigenvalue weighted by molar-refractivity contribution is 7.80. The average molecular weight is 251 g/mol. The van der Waals surface area contributed by atoms with Crippen LogP contribution in [0.2, 0.25) is 5.02 Å². The lowest BCUT2D eigenvalue weighted by Crippen LogP contribution is -1.77. The van der Waals surface area contributed by atoms with E-state index in [1.165, 1.54) is 0 Å². The predicted molar refractivity (Wildman–Crippen MR) is 59.0 cm³/mol. The fourth-order valence-corrected chi connectivity index (χ4v) is 3.18. The highest BCUT2D eigenvalue weighted by Gasteiger charge is 2.18. The minimum atomic E-state index is -2.49. The average Bonchev–Trinajstić information content (AvgIpc) is 2.45. The number of benzene rings is 1. The third-order valence-electron chi connectivity index (χ3n) is 1.86. The summed E-state index contributed by atoms with van der Waals surface area (Å²) in [5, 5.41) is 1.09. The molecule has 1 aromatic heterocycles. The molecular formula is C9H5ClF2S2. The molecule has 0 radical (unpaired) electrons. The first-order valence-electron chi connectivity index (χ1n) is 3.79. The first-order chi connectivity index (χ1) is 6.61. The lowest BCUT2D eigenvalue weighted by molar-refractivity contribution is 0.153. The van der Waals surface area contributed by atoms with Gasteiger partial charge in [0.15, 0.2) is 0 Å². The van der Waals surface area contributed by atoms with Gasteiger partial charge < -0.3 is 0 Å².